The number of anilines is 1. The smallest absolute Gasteiger partial charge is 0.327 e. The number of nitro benzene ring substituents is 1. The maximum Gasteiger partial charge on any atom is 0.327 e. The maximum absolute atomic E-state index is 11.1. The van der Waals surface area contributed by atoms with Gasteiger partial charge in [0.25, 0.3) is 5.69 Å². The van der Waals surface area contributed by atoms with E-state index in [4.69, 9.17) is 0 Å². The number of methoxy groups -OCH3 is 1. The molecule has 0 radical (unpaired) electrons. The van der Waals surface area contributed by atoms with Crippen molar-refractivity contribution < 1.29 is 14.5 Å². The van der Waals surface area contributed by atoms with Crippen LogP contribution in [0.5, 0.6) is 0 Å². The Hall–Kier alpha value is -1.82. The zero-order valence-electron chi connectivity index (χ0n) is 9.38. The molecule has 0 amide bonds. The molecule has 0 aliphatic carbocycles. The van der Waals surface area contributed by atoms with Gasteiger partial charge < -0.3 is 10.1 Å². The summed E-state index contributed by atoms with van der Waals surface area (Å²) in [6.45, 7) is 1.57. The van der Waals surface area contributed by atoms with Crippen molar-refractivity contribution in [2.45, 2.75) is 13.0 Å². The molecule has 0 aromatic heterocycles. The molecule has 0 spiro atoms. The van der Waals surface area contributed by atoms with Gasteiger partial charge in [-0.1, -0.05) is 12.1 Å². The number of ether oxygens (including phenoxy) is 1. The minimum atomic E-state index is -0.633. The van der Waals surface area contributed by atoms with Crippen LogP contribution in [0.3, 0.4) is 0 Å². The third-order valence-corrected chi connectivity index (χ3v) is 2.03. The average molecular weight is 261 g/mol. The molecule has 1 aromatic carbocycles. The first-order chi connectivity index (χ1) is 7.56. The highest BCUT2D eigenvalue weighted by atomic mass is 35.5. The van der Waals surface area contributed by atoms with Crippen molar-refractivity contribution in [3.05, 3.63) is 34.4 Å². The van der Waals surface area contributed by atoms with Crippen LogP contribution in [0.2, 0.25) is 0 Å². The summed E-state index contributed by atoms with van der Waals surface area (Å²) in [5.41, 5.74) is 0.226. The summed E-state index contributed by atoms with van der Waals surface area (Å²) in [5.74, 6) is -0.474. The van der Waals surface area contributed by atoms with Gasteiger partial charge in [0, 0.05) is 6.07 Å². The first-order valence-electron chi connectivity index (χ1n) is 4.64. The van der Waals surface area contributed by atoms with Gasteiger partial charge in [-0.2, -0.15) is 0 Å². The lowest BCUT2D eigenvalue weighted by molar-refractivity contribution is -0.384. The van der Waals surface area contributed by atoms with Gasteiger partial charge >= 0.3 is 5.97 Å². The summed E-state index contributed by atoms with van der Waals surface area (Å²) in [6.07, 6.45) is 0. The molecule has 0 bridgehead atoms. The quantitative estimate of drug-likeness (QED) is 0.509. The number of benzene rings is 1. The van der Waals surface area contributed by atoms with Crippen LogP contribution >= 0.6 is 12.4 Å². The highest BCUT2D eigenvalue weighted by molar-refractivity contribution is 5.85. The number of hydrogen-bond donors (Lipinski definition) is 1. The van der Waals surface area contributed by atoms with Crippen LogP contribution in [0.15, 0.2) is 24.3 Å². The second-order valence-corrected chi connectivity index (χ2v) is 3.16. The van der Waals surface area contributed by atoms with Crippen LogP contribution in [0.25, 0.3) is 0 Å². The Balaban J connectivity index is 0.00000256. The van der Waals surface area contributed by atoms with Gasteiger partial charge in [0.15, 0.2) is 0 Å². The van der Waals surface area contributed by atoms with E-state index in [9.17, 15) is 14.9 Å². The van der Waals surface area contributed by atoms with Crippen molar-refractivity contribution in [3.8, 4) is 0 Å². The molecule has 1 atom stereocenters. The molecule has 1 N–H and O–H groups in total. The molecule has 94 valence electrons. The van der Waals surface area contributed by atoms with Crippen LogP contribution < -0.4 is 5.32 Å². The third-order valence-electron chi connectivity index (χ3n) is 2.03. The van der Waals surface area contributed by atoms with Crippen LogP contribution in [0.1, 0.15) is 6.92 Å². The average Bonchev–Trinajstić information content (AvgIpc) is 2.28. The SMILES string of the molecule is COC(=O)[C@H](C)Nc1ccccc1[N+](=O)[O-].Cl. The Morgan fingerprint density at radius 2 is 2.06 bits per heavy atom. The van der Waals surface area contributed by atoms with E-state index in [2.05, 4.69) is 10.1 Å². The lowest BCUT2D eigenvalue weighted by atomic mass is 10.2. The molecule has 1 rings (SSSR count). The second-order valence-electron chi connectivity index (χ2n) is 3.16. The van der Waals surface area contributed by atoms with E-state index in [0.29, 0.717) is 5.69 Å². The molecule has 0 saturated heterocycles. The highest BCUT2D eigenvalue weighted by Crippen LogP contribution is 2.23. The molecule has 0 fully saturated rings. The predicted molar refractivity (Wildman–Crippen MR) is 65.4 cm³/mol. The van der Waals surface area contributed by atoms with E-state index < -0.39 is 16.9 Å². The van der Waals surface area contributed by atoms with Crippen LogP contribution in [0.4, 0.5) is 11.4 Å². The fourth-order valence-electron chi connectivity index (χ4n) is 1.22. The number of esters is 1. The van der Waals surface area contributed by atoms with Crippen molar-refractivity contribution in [3.63, 3.8) is 0 Å². The molecule has 1 aromatic rings. The van der Waals surface area contributed by atoms with Crippen molar-refractivity contribution in [2.24, 2.45) is 0 Å². The van der Waals surface area contributed by atoms with Gasteiger partial charge in [-0.3, -0.25) is 10.1 Å². The number of nitro groups is 1. The lowest BCUT2D eigenvalue weighted by Crippen LogP contribution is -2.27. The molecule has 0 unspecified atom stereocenters. The summed E-state index contributed by atoms with van der Waals surface area (Å²) >= 11 is 0. The lowest BCUT2D eigenvalue weighted by Gasteiger charge is -2.12. The zero-order valence-corrected chi connectivity index (χ0v) is 10.2. The molecule has 7 heteroatoms. The molecular formula is C10H13ClN2O4. The van der Waals surface area contributed by atoms with Crippen molar-refractivity contribution >= 4 is 29.8 Å². The number of hydrogen-bond acceptors (Lipinski definition) is 5. The molecule has 0 aliphatic rings. The first kappa shape index (κ1) is 15.2. The summed E-state index contributed by atoms with van der Waals surface area (Å²) in [4.78, 5) is 21.3. The fraction of sp³-hybridized carbons (Fsp3) is 0.300. The van der Waals surface area contributed by atoms with E-state index >= 15 is 0 Å². The monoisotopic (exact) mass is 260 g/mol. The summed E-state index contributed by atoms with van der Waals surface area (Å²) < 4.78 is 4.51. The van der Waals surface area contributed by atoms with E-state index in [1.807, 2.05) is 0 Å². The van der Waals surface area contributed by atoms with Crippen LogP contribution in [0, 0.1) is 10.1 Å². The maximum atomic E-state index is 11.1. The number of halogens is 1. The molecule has 0 heterocycles. The molecule has 0 aliphatic heterocycles. The van der Waals surface area contributed by atoms with Gasteiger partial charge in [-0.15, -0.1) is 12.4 Å². The largest absolute Gasteiger partial charge is 0.467 e. The summed E-state index contributed by atoms with van der Waals surface area (Å²) in [6, 6.07) is 5.49. The van der Waals surface area contributed by atoms with Gasteiger partial charge in [-0.25, -0.2) is 4.79 Å². The van der Waals surface area contributed by atoms with E-state index in [0.717, 1.165) is 0 Å². The number of para-hydroxylation sites is 2. The van der Waals surface area contributed by atoms with Crippen molar-refractivity contribution in [1.82, 2.24) is 0 Å². The van der Waals surface area contributed by atoms with Gasteiger partial charge in [0.1, 0.15) is 11.7 Å². The molecular weight excluding hydrogens is 248 g/mol. The van der Waals surface area contributed by atoms with E-state index in [1.165, 1.54) is 19.2 Å². The molecule has 17 heavy (non-hydrogen) atoms. The second kappa shape index (κ2) is 6.70. The van der Waals surface area contributed by atoms with Crippen LogP contribution in [-0.4, -0.2) is 24.0 Å². The molecule has 0 saturated carbocycles. The van der Waals surface area contributed by atoms with E-state index in [1.54, 1.807) is 19.1 Å². The Morgan fingerprint density at radius 1 is 1.47 bits per heavy atom. The number of nitrogens with zero attached hydrogens (tertiary/aromatic N) is 1. The zero-order chi connectivity index (χ0) is 12.1. The van der Waals surface area contributed by atoms with Crippen molar-refractivity contribution in [1.29, 1.82) is 0 Å². The third kappa shape index (κ3) is 3.92. The van der Waals surface area contributed by atoms with E-state index in [-0.39, 0.29) is 18.1 Å². The Labute approximate surface area is 105 Å². The normalized spacial score (nSPS) is 10.9. The van der Waals surface area contributed by atoms with Crippen LogP contribution in [-0.2, 0) is 9.53 Å². The van der Waals surface area contributed by atoms with Gasteiger partial charge in [0.2, 0.25) is 0 Å². The fourth-order valence-corrected chi connectivity index (χ4v) is 1.22. The molecule has 6 nitrogen and oxygen atoms in total. The first-order valence-corrected chi connectivity index (χ1v) is 4.64. The Kier molecular flexibility index (Phi) is 5.98. The highest BCUT2D eigenvalue weighted by Gasteiger charge is 2.18. The topological polar surface area (TPSA) is 81.5 Å². The number of rotatable bonds is 4. The summed E-state index contributed by atoms with van der Waals surface area (Å²) in [7, 11) is 1.26. The Morgan fingerprint density at radius 3 is 2.59 bits per heavy atom. The Bertz CT molecular complexity index is 411. The standard InChI is InChI=1S/C10H12N2O4.ClH/c1-7(10(13)16-2)11-8-5-3-4-6-9(8)12(14)15;/h3-7,11H,1-2H3;1H/t7-;/m0./s1. The minimum absolute atomic E-state index is 0. The number of carbonyl (C=O) groups excluding carboxylic acids is 1. The predicted octanol–water partition coefficient (Wildman–Crippen LogP) is 1.99. The number of nitrogens with one attached hydrogen (secondary N) is 1. The van der Waals surface area contributed by atoms with Gasteiger partial charge in [-0.05, 0) is 13.0 Å². The summed E-state index contributed by atoms with van der Waals surface area (Å²) in [5, 5.41) is 13.4. The van der Waals surface area contributed by atoms with Crippen molar-refractivity contribution in [2.75, 3.05) is 12.4 Å². The number of carbonyl (C=O) groups is 1. The van der Waals surface area contributed by atoms with Gasteiger partial charge in [0.05, 0.1) is 12.0 Å². The minimum Gasteiger partial charge on any atom is -0.467 e.